The first-order chi connectivity index (χ1) is 17.7. The highest BCUT2D eigenvalue weighted by Gasteiger charge is 2.24. The molecule has 0 aromatic heterocycles. The molecule has 0 heterocycles. The van der Waals surface area contributed by atoms with Crippen molar-refractivity contribution in [2.24, 2.45) is 11.5 Å². The van der Waals surface area contributed by atoms with Crippen LogP contribution < -0.4 is 37.1 Å². The Hall–Kier alpha value is -3.15. The molecule has 0 radical (unpaired) electrons. The number of halogens is 1. The number of benzene rings is 3. The predicted octanol–water partition coefficient (Wildman–Crippen LogP) is 4.02. The zero-order chi connectivity index (χ0) is 26.9. The van der Waals surface area contributed by atoms with Crippen LogP contribution in [-0.2, 0) is 4.79 Å². The number of anilines is 1. The number of hydrazine groups is 1. The Morgan fingerprint density at radius 3 is 2.30 bits per heavy atom. The summed E-state index contributed by atoms with van der Waals surface area (Å²) in [5.74, 6) is 0.692. The smallest absolute Gasteiger partial charge is 0.261 e. The summed E-state index contributed by atoms with van der Waals surface area (Å²) in [5, 5.41) is 13.8. The molecule has 0 aliphatic heterocycles. The highest BCUT2D eigenvalue weighted by atomic mass is 79.9. The minimum absolute atomic E-state index is 0.0431. The van der Waals surface area contributed by atoms with E-state index in [1.54, 1.807) is 60.7 Å². The fraction of sp³-hybridized carbons (Fsp3) is 0.296. The lowest BCUT2D eigenvalue weighted by atomic mass is 10.0. The molecule has 0 fully saturated rings. The largest absolute Gasteiger partial charge is 0.490 e. The van der Waals surface area contributed by atoms with Crippen LogP contribution in [-0.4, -0.2) is 23.7 Å². The summed E-state index contributed by atoms with van der Waals surface area (Å²) in [5.41, 5.74) is 19.5. The molecule has 0 saturated heterocycles. The number of amides is 1. The van der Waals surface area contributed by atoms with Crippen LogP contribution >= 0.6 is 15.9 Å². The molecule has 8 N–H and O–H groups in total. The molecule has 10 heteroatoms. The lowest BCUT2D eigenvalue weighted by molar-refractivity contribution is -0.124. The van der Waals surface area contributed by atoms with Gasteiger partial charge in [-0.05, 0) is 73.9 Å². The predicted molar refractivity (Wildman–Crippen MR) is 148 cm³/mol. The van der Waals surface area contributed by atoms with Gasteiger partial charge in [-0.1, -0.05) is 46.3 Å². The fourth-order valence-corrected chi connectivity index (χ4v) is 3.98. The molecule has 0 aliphatic carbocycles. The van der Waals surface area contributed by atoms with Crippen molar-refractivity contribution in [3.05, 3.63) is 87.9 Å². The Morgan fingerprint density at radius 1 is 0.973 bits per heavy atom. The minimum Gasteiger partial charge on any atom is -0.490 e. The van der Waals surface area contributed by atoms with Crippen molar-refractivity contribution in [1.82, 2.24) is 10.9 Å². The number of aliphatic hydroxyl groups excluding tert-OH is 1. The Bertz CT molecular complexity index is 1170. The van der Waals surface area contributed by atoms with Crippen LogP contribution in [0.3, 0.4) is 0 Å². The third-order valence-electron chi connectivity index (χ3n) is 5.33. The standard InChI is InChI=1S/C27H34BrN5O4/c1-4-36-23-15-18(10-13-22(23)37-16(2)3)24(31-21-11-8-17(9-12-21)25(29)30)27(35)33-32-26(34)19-6-5-7-20(28)14-19/h5-16,24-26,31-32,34H,4,29-30H2,1-3H3,(H,33,35). The van der Waals surface area contributed by atoms with Gasteiger partial charge in [-0.25, -0.2) is 5.43 Å². The second kappa shape index (κ2) is 13.4. The number of nitrogens with one attached hydrogen (secondary N) is 3. The molecule has 3 aromatic carbocycles. The summed E-state index contributed by atoms with van der Waals surface area (Å²) < 4.78 is 12.5. The van der Waals surface area contributed by atoms with Gasteiger partial charge < -0.3 is 31.4 Å². The Morgan fingerprint density at radius 2 is 1.68 bits per heavy atom. The number of rotatable bonds is 12. The molecule has 2 unspecified atom stereocenters. The van der Waals surface area contributed by atoms with E-state index in [9.17, 15) is 9.90 Å². The van der Waals surface area contributed by atoms with Gasteiger partial charge >= 0.3 is 0 Å². The number of nitrogens with two attached hydrogens (primary N) is 2. The highest BCUT2D eigenvalue weighted by Crippen LogP contribution is 2.33. The van der Waals surface area contributed by atoms with Crippen LogP contribution in [0.15, 0.2) is 71.2 Å². The van der Waals surface area contributed by atoms with E-state index in [-0.39, 0.29) is 6.10 Å². The molecular weight excluding hydrogens is 538 g/mol. The van der Waals surface area contributed by atoms with Crippen molar-refractivity contribution in [2.45, 2.75) is 45.3 Å². The van der Waals surface area contributed by atoms with Crippen LogP contribution in [0.1, 0.15) is 55.9 Å². The fourth-order valence-electron chi connectivity index (χ4n) is 3.56. The van der Waals surface area contributed by atoms with Crippen molar-refractivity contribution >= 4 is 27.5 Å². The molecular formula is C27H34BrN5O4. The number of hydrogen-bond donors (Lipinski definition) is 6. The van der Waals surface area contributed by atoms with Gasteiger partial charge in [0.05, 0.1) is 18.9 Å². The van der Waals surface area contributed by atoms with Crippen LogP contribution in [0.4, 0.5) is 5.69 Å². The van der Waals surface area contributed by atoms with E-state index in [0.29, 0.717) is 34.9 Å². The van der Waals surface area contributed by atoms with Crippen LogP contribution in [0.2, 0.25) is 0 Å². The van der Waals surface area contributed by atoms with Crippen LogP contribution in [0.5, 0.6) is 11.5 Å². The zero-order valence-corrected chi connectivity index (χ0v) is 22.7. The molecule has 0 aliphatic rings. The average molecular weight is 573 g/mol. The van der Waals surface area contributed by atoms with Crippen molar-refractivity contribution < 1.29 is 19.4 Å². The van der Waals surface area contributed by atoms with E-state index < -0.39 is 24.3 Å². The lowest BCUT2D eigenvalue weighted by Gasteiger charge is -2.23. The van der Waals surface area contributed by atoms with Gasteiger partial charge in [0.25, 0.3) is 5.91 Å². The minimum atomic E-state index is -1.12. The number of aliphatic hydroxyl groups is 1. The van der Waals surface area contributed by atoms with Gasteiger partial charge in [-0.3, -0.25) is 10.2 Å². The molecule has 198 valence electrons. The van der Waals surface area contributed by atoms with E-state index in [2.05, 4.69) is 32.1 Å². The molecule has 0 bridgehead atoms. The molecule has 1 amide bonds. The summed E-state index contributed by atoms with van der Waals surface area (Å²) >= 11 is 3.38. The van der Waals surface area contributed by atoms with Gasteiger partial charge in [-0.15, -0.1) is 0 Å². The van der Waals surface area contributed by atoms with Crippen molar-refractivity contribution in [3.63, 3.8) is 0 Å². The maximum atomic E-state index is 13.4. The Kier molecular flexibility index (Phi) is 10.3. The SMILES string of the molecule is CCOc1cc(C(Nc2ccc(C(N)N)cc2)C(=O)NNC(O)c2cccc(Br)c2)ccc1OC(C)C. The third kappa shape index (κ3) is 8.17. The summed E-state index contributed by atoms with van der Waals surface area (Å²) in [4.78, 5) is 13.4. The molecule has 3 rings (SSSR count). The van der Waals surface area contributed by atoms with E-state index in [0.717, 1.165) is 10.0 Å². The number of carbonyl (C=O) groups is 1. The molecule has 2 atom stereocenters. The third-order valence-corrected chi connectivity index (χ3v) is 5.82. The highest BCUT2D eigenvalue weighted by molar-refractivity contribution is 9.10. The summed E-state index contributed by atoms with van der Waals surface area (Å²) in [6, 6.07) is 18.8. The summed E-state index contributed by atoms with van der Waals surface area (Å²) in [6.07, 6.45) is -1.76. The topological polar surface area (TPSA) is 144 Å². The van der Waals surface area contributed by atoms with Crippen LogP contribution in [0.25, 0.3) is 0 Å². The van der Waals surface area contributed by atoms with Gasteiger partial charge in [0.15, 0.2) is 11.5 Å². The van der Waals surface area contributed by atoms with Crippen molar-refractivity contribution in [1.29, 1.82) is 0 Å². The molecule has 0 spiro atoms. The zero-order valence-electron chi connectivity index (χ0n) is 21.1. The molecule has 3 aromatic rings. The summed E-state index contributed by atoms with van der Waals surface area (Å²) in [6.45, 7) is 6.18. The number of carbonyl (C=O) groups excluding carboxylic acids is 1. The monoisotopic (exact) mass is 571 g/mol. The quantitative estimate of drug-likeness (QED) is 0.141. The van der Waals surface area contributed by atoms with Gasteiger partial charge in [0, 0.05) is 10.2 Å². The van der Waals surface area contributed by atoms with E-state index in [1.165, 1.54) is 0 Å². The first-order valence-electron chi connectivity index (χ1n) is 12.0. The molecule has 9 nitrogen and oxygen atoms in total. The average Bonchev–Trinajstić information content (AvgIpc) is 2.87. The Balaban J connectivity index is 1.87. The summed E-state index contributed by atoms with van der Waals surface area (Å²) in [7, 11) is 0. The van der Waals surface area contributed by atoms with E-state index in [1.807, 2.05) is 26.8 Å². The maximum absolute atomic E-state index is 13.4. The lowest BCUT2D eigenvalue weighted by Crippen LogP contribution is -2.44. The number of hydrogen-bond acceptors (Lipinski definition) is 8. The van der Waals surface area contributed by atoms with Gasteiger partial charge in [0.1, 0.15) is 12.3 Å². The Labute approximate surface area is 225 Å². The van der Waals surface area contributed by atoms with E-state index in [4.69, 9.17) is 20.9 Å². The van der Waals surface area contributed by atoms with Gasteiger partial charge in [0.2, 0.25) is 0 Å². The number of ether oxygens (including phenoxy) is 2. The second-order valence-corrected chi connectivity index (χ2v) is 9.54. The molecule has 37 heavy (non-hydrogen) atoms. The normalized spacial score (nSPS) is 12.8. The molecule has 0 saturated carbocycles. The van der Waals surface area contributed by atoms with Crippen molar-refractivity contribution in [3.8, 4) is 11.5 Å². The van der Waals surface area contributed by atoms with Gasteiger partial charge in [-0.2, -0.15) is 0 Å². The van der Waals surface area contributed by atoms with Crippen molar-refractivity contribution in [2.75, 3.05) is 11.9 Å². The maximum Gasteiger partial charge on any atom is 0.261 e. The first-order valence-corrected chi connectivity index (χ1v) is 12.8. The van der Waals surface area contributed by atoms with E-state index >= 15 is 0 Å². The second-order valence-electron chi connectivity index (χ2n) is 8.62. The van der Waals surface area contributed by atoms with Crippen LogP contribution in [0, 0.1) is 0 Å². The first kappa shape index (κ1) is 28.4.